The average Bonchev–Trinajstić information content (AvgIpc) is 2.62. The van der Waals surface area contributed by atoms with Gasteiger partial charge in [-0.2, -0.15) is 0 Å². The highest BCUT2D eigenvalue weighted by Gasteiger charge is 2.40. The van der Waals surface area contributed by atoms with E-state index in [9.17, 15) is 22.3 Å². The van der Waals surface area contributed by atoms with Crippen LogP contribution < -0.4 is 4.72 Å². The van der Waals surface area contributed by atoms with E-state index in [2.05, 4.69) is 4.72 Å². The Morgan fingerprint density at radius 3 is 2.55 bits per heavy atom. The van der Waals surface area contributed by atoms with Gasteiger partial charge >= 0.3 is 0 Å². The Morgan fingerprint density at radius 1 is 1.40 bits per heavy atom. The van der Waals surface area contributed by atoms with Crippen LogP contribution in [0.4, 0.5) is 8.78 Å². The van der Waals surface area contributed by atoms with E-state index in [0.29, 0.717) is 6.54 Å². The number of ether oxygens (including phenoxy) is 1. The lowest BCUT2D eigenvalue weighted by Crippen LogP contribution is -2.48. The number of aliphatic hydroxyl groups excluding tert-OH is 1. The van der Waals surface area contributed by atoms with E-state index in [4.69, 9.17) is 4.74 Å². The summed E-state index contributed by atoms with van der Waals surface area (Å²) in [5.41, 5.74) is 0. The minimum atomic E-state index is -3.42. The monoisotopic (exact) mass is 314 g/mol. The predicted molar refractivity (Wildman–Crippen MR) is 68.1 cm³/mol. The van der Waals surface area contributed by atoms with Gasteiger partial charge in [-0.1, -0.05) is 0 Å². The Balaban J connectivity index is 1.83. The molecule has 0 saturated carbocycles. The lowest BCUT2D eigenvalue weighted by molar-refractivity contribution is -0.0674. The van der Waals surface area contributed by atoms with Crippen LogP contribution in [0.5, 0.6) is 0 Å². The Bertz CT molecular complexity index is 436. The molecule has 0 aromatic carbocycles. The smallest absolute Gasteiger partial charge is 0.250 e. The van der Waals surface area contributed by atoms with Crippen molar-refractivity contribution in [3.8, 4) is 0 Å². The third-order valence-electron chi connectivity index (χ3n) is 3.67. The van der Waals surface area contributed by atoms with Crippen molar-refractivity contribution in [2.75, 3.05) is 32.5 Å². The van der Waals surface area contributed by atoms with Gasteiger partial charge in [0.05, 0.1) is 31.1 Å². The van der Waals surface area contributed by atoms with E-state index < -0.39 is 34.2 Å². The molecular formula is C11H20F2N2O4S. The first kappa shape index (κ1) is 16.0. The van der Waals surface area contributed by atoms with Crippen LogP contribution in [0.15, 0.2) is 0 Å². The molecule has 3 unspecified atom stereocenters. The zero-order valence-corrected chi connectivity index (χ0v) is 12.1. The normalized spacial score (nSPS) is 35.3. The lowest BCUT2D eigenvalue weighted by atomic mass is 10.0. The molecule has 0 amide bonds. The number of likely N-dealkylation sites (tertiary alicyclic amines) is 1. The maximum atomic E-state index is 13.0. The Morgan fingerprint density at radius 2 is 2.00 bits per heavy atom. The third kappa shape index (κ3) is 4.32. The van der Waals surface area contributed by atoms with Crippen molar-refractivity contribution in [3.05, 3.63) is 0 Å². The maximum Gasteiger partial charge on any atom is 0.250 e. The predicted octanol–water partition coefficient (Wildman–Crippen LogP) is -0.605. The molecule has 0 aromatic rings. The number of aliphatic hydroxyl groups is 1. The van der Waals surface area contributed by atoms with Gasteiger partial charge in [0.15, 0.2) is 0 Å². The SMILES string of the molecule is CS(=O)(=O)NC1COC(CN2CCC(F)(F)CC2)C1O. The summed E-state index contributed by atoms with van der Waals surface area (Å²) < 4.78 is 56.0. The molecule has 0 aliphatic carbocycles. The van der Waals surface area contributed by atoms with Crippen LogP contribution in [0, 0.1) is 0 Å². The summed E-state index contributed by atoms with van der Waals surface area (Å²) >= 11 is 0. The highest BCUT2D eigenvalue weighted by molar-refractivity contribution is 7.88. The van der Waals surface area contributed by atoms with Crippen LogP contribution in [0.25, 0.3) is 0 Å². The molecule has 3 atom stereocenters. The number of nitrogens with zero attached hydrogens (tertiary/aromatic N) is 1. The number of alkyl halides is 2. The Kier molecular flexibility index (Phi) is 4.65. The summed E-state index contributed by atoms with van der Waals surface area (Å²) in [6.45, 7) is 0.926. The molecule has 0 aromatic heterocycles. The Hall–Kier alpha value is -0.350. The number of nitrogens with one attached hydrogen (secondary N) is 1. The summed E-state index contributed by atoms with van der Waals surface area (Å²) in [6.07, 6.45) is -0.894. The minimum Gasteiger partial charge on any atom is -0.389 e. The fourth-order valence-electron chi connectivity index (χ4n) is 2.54. The number of rotatable bonds is 4. The van der Waals surface area contributed by atoms with E-state index in [-0.39, 0.29) is 32.5 Å². The van der Waals surface area contributed by atoms with Crippen LogP contribution in [0.2, 0.25) is 0 Å². The summed E-state index contributed by atoms with van der Waals surface area (Å²) in [4.78, 5) is 1.81. The molecule has 2 N–H and O–H groups in total. The topological polar surface area (TPSA) is 78.9 Å². The molecule has 0 spiro atoms. The second-order valence-corrected chi connectivity index (χ2v) is 7.30. The van der Waals surface area contributed by atoms with Gasteiger partial charge in [-0.15, -0.1) is 0 Å². The molecule has 0 radical (unpaired) electrons. The van der Waals surface area contributed by atoms with Gasteiger partial charge in [0.1, 0.15) is 0 Å². The molecule has 2 aliphatic heterocycles. The summed E-state index contributed by atoms with van der Waals surface area (Å²) in [5.74, 6) is -2.61. The van der Waals surface area contributed by atoms with E-state index in [0.717, 1.165) is 6.26 Å². The lowest BCUT2D eigenvalue weighted by Gasteiger charge is -2.33. The summed E-state index contributed by atoms with van der Waals surface area (Å²) in [5, 5.41) is 10.0. The molecule has 2 heterocycles. The largest absolute Gasteiger partial charge is 0.389 e. The second kappa shape index (κ2) is 5.80. The molecule has 0 bridgehead atoms. The van der Waals surface area contributed by atoms with E-state index in [1.807, 2.05) is 4.90 Å². The zero-order valence-electron chi connectivity index (χ0n) is 11.3. The first-order valence-corrected chi connectivity index (χ1v) is 8.43. The Labute approximate surface area is 117 Å². The van der Waals surface area contributed by atoms with Crippen molar-refractivity contribution in [2.45, 2.75) is 37.0 Å². The van der Waals surface area contributed by atoms with Gasteiger partial charge < -0.3 is 14.7 Å². The fraction of sp³-hybridized carbons (Fsp3) is 1.00. The zero-order chi connectivity index (χ0) is 15.0. The van der Waals surface area contributed by atoms with Crippen molar-refractivity contribution in [2.24, 2.45) is 0 Å². The number of sulfonamides is 1. The fourth-order valence-corrected chi connectivity index (χ4v) is 3.30. The first-order chi connectivity index (χ1) is 9.16. The molecule has 2 rings (SSSR count). The van der Waals surface area contributed by atoms with Gasteiger partial charge in [-0.25, -0.2) is 21.9 Å². The summed E-state index contributed by atoms with van der Waals surface area (Å²) in [7, 11) is -3.42. The maximum absolute atomic E-state index is 13.0. The van der Waals surface area contributed by atoms with Crippen molar-refractivity contribution in [1.29, 1.82) is 0 Å². The van der Waals surface area contributed by atoms with E-state index >= 15 is 0 Å². The highest BCUT2D eigenvalue weighted by atomic mass is 32.2. The molecular weight excluding hydrogens is 294 g/mol. The van der Waals surface area contributed by atoms with Crippen LogP contribution in [0.1, 0.15) is 12.8 Å². The molecule has 118 valence electrons. The molecule has 9 heteroatoms. The number of halogens is 2. The van der Waals surface area contributed by atoms with Gasteiger partial charge in [0, 0.05) is 32.5 Å². The van der Waals surface area contributed by atoms with E-state index in [1.165, 1.54) is 0 Å². The van der Waals surface area contributed by atoms with Gasteiger partial charge in [-0.05, 0) is 0 Å². The van der Waals surface area contributed by atoms with Crippen LogP contribution in [-0.4, -0.2) is 75.1 Å². The third-order valence-corrected chi connectivity index (χ3v) is 4.41. The molecule has 2 saturated heterocycles. The van der Waals surface area contributed by atoms with Crippen molar-refractivity contribution in [1.82, 2.24) is 9.62 Å². The molecule has 20 heavy (non-hydrogen) atoms. The molecule has 2 fully saturated rings. The van der Waals surface area contributed by atoms with Crippen molar-refractivity contribution >= 4 is 10.0 Å². The van der Waals surface area contributed by atoms with E-state index in [1.54, 1.807) is 0 Å². The van der Waals surface area contributed by atoms with Gasteiger partial charge in [-0.3, -0.25) is 0 Å². The minimum absolute atomic E-state index is 0.0862. The number of hydrogen-bond acceptors (Lipinski definition) is 5. The summed E-state index contributed by atoms with van der Waals surface area (Å²) in [6, 6.07) is -0.679. The molecule has 2 aliphatic rings. The van der Waals surface area contributed by atoms with Crippen LogP contribution >= 0.6 is 0 Å². The van der Waals surface area contributed by atoms with Crippen LogP contribution in [-0.2, 0) is 14.8 Å². The standard InChI is InChI=1S/C11H20F2N2O4S/c1-20(17,18)14-8-7-19-9(10(8)16)6-15-4-2-11(12,13)3-5-15/h8-10,14,16H,2-7H2,1H3. The first-order valence-electron chi connectivity index (χ1n) is 6.53. The number of hydrogen-bond donors (Lipinski definition) is 2. The van der Waals surface area contributed by atoms with Crippen LogP contribution in [0.3, 0.4) is 0 Å². The van der Waals surface area contributed by atoms with Crippen molar-refractivity contribution < 1.29 is 27.0 Å². The van der Waals surface area contributed by atoms with Gasteiger partial charge in [0.25, 0.3) is 5.92 Å². The number of piperidine rings is 1. The average molecular weight is 314 g/mol. The highest BCUT2D eigenvalue weighted by Crippen LogP contribution is 2.28. The molecule has 6 nitrogen and oxygen atoms in total. The van der Waals surface area contributed by atoms with Crippen molar-refractivity contribution in [3.63, 3.8) is 0 Å². The van der Waals surface area contributed by atoms with Gasteiger partial charge in [0.2, 0.25) is 10.0 Å². The second-order valence-electron chi connectivity index (χ2n) is 5.52. The quantitative estimate of drug-likeness (QED) is 0.724.